The lowest BCUT2D eigenvalue weighted by atomic mass is 10.0. The topological polar surface area (TPSA) is 83.8 Å². The van der Waals surface area contributed by atoms with Crippen LogP contribution in [0.4, 0.5) is 0 Å². The van der Waals surface area contributed by atoms with E-state index in [1.165, 1.54) is 31.7 Å². The molecule has 5 nitrogen and oxygen atoms in total. The molecular weight excluding hydrogens is 364 g/mol. The molecular formula is C21H28O5S. The van der Waals surface area contributed by atoms with E-state index in [1.54, 1.807) is 18.2 Å². The van der Waals surface area contributed by atoms with Crippen molar-refractivity contribution in [3.63, 3.8) is 0 Å². The van der Waals surface area contributed by atoms with Gasteiger partial charge in [0.15, 0.2) is 0 Å². The van der Waals surface area contributed by atoms with E-state index in [1.807, 2.05) is 18.2 Å². The van der Waals surface area contributed by atoms with Crippen LogP contribution < -0.4 is 4.74 Å². The molecule has 2 aromatic carbocycles. The zero-order valence-corrected chi connectivity index (χ0v) is 16.5. The number of unbranched alkanes of at least 4 members (excludes halogenated alkanes) is 6. The van der Waals surface area contributed by atoms with Gasteiger partial charge in [-0.1, -0.05) is 63.6 Å². The summed E-state index contributed by atoms with van der Waals surface area (Å²) in [5.41, 5.74) is 0.372. The first-order valence-electron chi connectivity index (χ1n) is 9.48. The SMILES string of the molecule is CCCCCCCCCc1cc(Oc2ccccc2)cc(O)c1S(=O)(=O)O. The van der Waals surface area contributed by atoms with Crippen molar-refractivity contribution in [2.75, 3.05) is 0 Å². The van der Waals surface area contributed by atoms with Crippen LogP contribution in [0.5, 0.6) is 17.2 Å². The van der Waals surface area contributed by atoms with Crippen molar-refractivity contribution in [3.05, 3.63) is 48.0 Å². The molecule has 0 unspecified atom stereocenters. The van der Waals surface area contributed by atoms with E-state index in [4.69, 9.17) is 4.74 Å². The van der Waals surface area contributed by atoms with Crippen LogP contribution in [0.15, 0.2) is 47.4 Å². The van der Waals surface area contributed by atoms with Crippen LogP contribution >= 0.6 is 0 Å². The number of hydrogen-bond donors (Lipinski definition) is 2. The Morgan fingerprint density at radius 3 is 2.15 bits per heavy atom. The van der Waals surface area contributed by atoms with Gasteiger partial charge in [-0.2, -0.15) is 8.42 Å². The Morgan fingerprint density at radius 1 is 0.889 bits per heavy atom. The first-order chi connectivity index (χ1) is 12.9. The molecule has 0 aliphatic carbocycles. The Hall–Kier alpha value is -2.05. The minimum Gasteiger partial charge on any atom is -0.506 e. The van der Waals surface area contributed by atoms with Crippen LogP contribution in [0, 0.1) is 0 Å². The van der Waals surface area contributed by atoms with Gasteiger partial charge in [-0.25, -0.2) is 0 Å². The molecule has 27 heavy (non-hydrogen) atoms. The van der Waals surface area contributed by atoms with Gasteiger partial charge in [0.1, 0.15) is 22.1 Å². The van der Waals surface area contributed by atoms with Crippen LogP contribution in [0.2, 0.25) is 0 Å². The largest absolute Gasteiger partial charge is 0.506 e. The van der Waals surface area contributed by atoms with Crippen LogP contribution in [0.3, 0.4) is 0 Å². The molecule has 0 aliphatic rings. The van der Waals surface area contributed by atoms with E-state index in [9.17, 15) is 18.1 Å². The molecule has 6 heteroatoms. The Labute approximate surface area is 161 Å². The average Bonchev–Trinajstić information content (AvgIpc) is 2.60. The molecule has 0 bridgehead atoms. The molecule has 2 N–H and O–H groups in total. The number of aryl methyl sites for hydroxylation is 1. The molecule has 0 saturated heterocycles. The lowest BCUT2D eigenvalue weighted by Crippen LogP contribution is -2.04. The number of aromatic hydroxyl groups is 1. The zero-order chi connectivity index (χ0) is 19.7. The van der Waals surface area contributed by atoms with E-state index in [2.05, 4.69) is 6.92 Å². The number of phenols is 1. The number of rotatable bonds is 11. The monoisotopic (exact) mass is 392 g/mol. The highest BCUT2D eigenvalue weighted by Gasteiger charge is 2.22. The normalized spacial score (nSPS) is 11.5. The van der Waals surface area contributed by atoms with Gasteiger partial charge in [0, 0.05) is 6.07 Å². The number of hydrogen-bond acceptors (Lipinski definition) is 4. The summed E-state index contributed by atoms with van der Waals surface area (Å²) in [5, 5.41) is 10.2. The quantitative estimate of drug-likeness (QED) is 0.377. The van der Waals surface area contributed by atoms with Crippen molar-refractivity contribution < 1.29 is 22.8 Å². The Kier molecular flexibility index (Phi) is 8.13. The van der Waals surface area contributed by atoms with Crippen LogP contribution in [0.25, 0.3) is 0 Å². The second kappa shape index (κ2) is 10.3. The maximum atomic E-state index is 11.7. The van der Waals surface area contributed by atoms with Crippen molar-refractivity contribution in [2.45, 2.75) is 63.2 Å². The molecule has 2 rings (SSSR count). The minimum absolute atomic E-state index is 0.337. The van der Waals surface area contributed by atoms with Crippen molar-refractivity contribution in [1.29, 1.82) is 0 Å². The molecule has 0 heterocycles. The summed E-state index contributed by atoms with van der Waals surface area (Å²) in [4.78, 5) is -0.422. The van der Waals surface area contributed by atoms with Gasteiger partial charge in [0.05, 0.1) is 0 Å². The predicted molar refractivity (Wildman–Crippen MR) is 106 cm³/mol. The maximum Gasteiger partial charge on any atom is 0.298 e. The van der Waals surface area contributed by atoms with Crippen LogP contribution in [-0.4, -0.2) is 18.1 Å². The lowest BCUT2D eigenvalue weighted by molar-refractivity contribution is 0.430. The first-order valence-corrected chi connectivity index (χ1v) is 10.9. The van der Waals surface area contributed by atoms with E-state index in [0.717, 1.165) is 19.3 Å². The molecule has 0 atom stereocenters. The highest BCUT2D eigenvalue weighted by atomic mass is 32.2. The van der Waals surface area contributed by atoms with Gasteiger partial charge in [-0.3, -0.25) is 4.55 Å². The maximum absolute atomic E-state index is 11.7. The van der Waals surface area contributed by atoms with E-state index in [-0.39, 0.29) is 0 Å². The summed E-state index contributed by atoms with van der Waals surface area (Å²) in [6.45, 7) is 2.17. The van der Waals surface area contributed by atoms with E-state index < -0.39 is 20.8 Å². The molecule has 0 spiro atoms. The van der Waals surface area contributed by atoms with Crippen molar-refractivity contribution in [2.24, 2.45) is 0 Å². The molecule has 0 fully saturated rings. The van der Waals surface area contributed by atoms with Crippen molar-refractivity contribution in [3.8, 4) is 17.2 Å². The van der Waals surface area contributed by atoms with Gasteiger partial charge in [-0.15, -0.1) is 0 Å². The summed E-state index contributed by atoms with van der Waals surface area (Å²) in [5.74, 6) is 0.423. The summed E-state index contributed by atoms with van der Waals surface area (Å²) >= 11 is 0. The summed E-state index contributed by atoms with van der Waals surface area (Å²) in [7, 11) is -4.51. The molecule has 2 aromatic rings. The second-order valence-electron chi connectivity index (χ2n) is 6.69. The Balaban J connectivity index is 2.11. The molecule has 148 valence electrons. The molecule has 0 amide bonds. The predicted octanol–water partition coefficient (Wildman–Crippen LogP) is 5.72. The van der Waals surface area contributed by atoms with E-state index in [0.29, 0.717) is 23.5 Å². The zero-order valence-electron chi connectivity index (χ0n) is 15.7. The molecule has 0 radical (unpaired) electrons. The first kappa shape index (κ1) is 21.3. The van der Waals surface area contributed by atoms with Crippen LogP contribution in [0.1, 0.15) is 57.4 Å². The molecule has 0 aliphatic heterocycles. The summed E-state index contributed by atoms with van der Waals surface area (Å²) in [6, 6.07) is 11.8. The van der Waals surface area contributed by atoms with Crippen molar-refractivity contribution >= 4 is 10.1 Å². The van der Waals surface area contributed by atoms with Gasteiger partial charge < -0.3 is 9.84 Å². The average molecular weight is 393 g/mol. The lowest BCUT2D eigenvalue weighted by Gasteiger charge is -2.13. The fraction of sp³-hybridized carbons (Fsp3) is 0.429. The van der Waals surface area contributed by atoms with Gasteiger partial charge in [0.2, 0.25) is 0 Å². The Morgan fingerprint density at radius 2 is 1.52 bits per heavy atom. The molecule has 0 aromatic heterocycles. The number of benzene rings is 2. The van der Waals surface area contributed by atoms with Gasteiger partial charge in [0.25, 0.3) is 10.1 Å². The number of para-hydroxylation sites is 1. The van der Waals surface area contributed by atoms with Gasteiger partial charge >= 0.3 is 0 Å². The van der Waals surface area contributed by atoms with Crippen LogP contribution in [-0.2, 0) is 16.5 Å². The summed E-state index contributed by atoms with van der Waals surface area (Å²) in [6.07, 6.45) is 8.11. The fourth-order valence-corrected chi connectivity index (χ4v) is 3.90. The highest BCUT2D eigenvalue weighted by molar-refractivity contribution is 7.86. The van der Waals surface area contributed by atoms with Crippen molar-refractivity contribution in [1.82, 2.24) is 0 Å². The Bertz CT molecular complexity index is 816. The third-order valence-corrected chi connectivity index (χ3v) is 5.39. The molecule has 0 saturated carbocycles. The number of ether oxygens (including phenoxy) is 1. The third-order valence-electron chi connectivity index (χ3n) is 4.41. The summed E-state index contributed by atoms with van der Waals surface area (Å²) < 4.78 is 38.6. The minimum atomic E-state index is -4.51. The number of phenolic OH excluding ortho intramolecular Hbond substituents is 1. The van der Waals surface area contributed by atoms with Gasteiger partial charge in [-0.05, 0) is 36.6 Å². The second-order valence-corrected chi connectivity index (χ2v) is 8.05. The smallest absolute Gasteiger partial charge is 0.298 e. The fourth-order valence-electron chi connectivity index (χ4n) is 3.08. The third kappa shape index (κ3) is 6.88. The standard InChI is InChI=1S/C21H28O5S/c1-2-3-4-5-6-7-9-12-17-15-19(26-18-13-10-8-11-14-18)16-20(22)21(17)27(23,24)25/h8,10-11,13-16,22H,2-7,9,12H2,1H3,(H,23,24,25). The van der Waals surface area contributed by atoms with E-state index >= 15 is 0 Å². The highest BCUT2D eigenvalue weighted by Crippen LogP contribution is 2.34.